The van der Waals surface area contributed by atoms with Crippen molar-refractivity contribution < 1.29 is 14.6 Å². The van der Waals surface area contributed by atoms with Gasteiger partial charge in [0.15, 0.2) is 0 Å². The summed E-state index contributed by atoms with van der Waals surface area (Å²) < 4.78 is 5.32. The summed E-state index contributed by atoms with van der Waals surface area (Å²) in [5.41, 5.74) is 0.987. The van der Waals surface area contributed by atoms with Gasteiger partial charge in [-0.3, -0.25) is 4.79 Å². The summed E-state index contributed by atoms with van der Waals surface area (Å²) in [5, 5.41) is 8.78. The van der Waals surface area contributed by atoms with Crippen LogP contribution in [0.3, 0.4) is 0 Å². The molecule has 2 aliphatic rings. The quantitative estimate of drug-likeness (QED) is 0.864. The van der Waals surface area contributed by atoms with E-state index in [0.717, 1.165) is 17.2 Å². The van der Waals surface area contributed by atoms with Crippen molar-refractivity contribution in [2.24, 2.45) is 11.8 Å². The minimum Gasteiger partial charge on any atom is -0.492 e. The van der Waals surface area contributed by atoms with Crippen LogP contribution in [0.15, 0.2) is 24.3 Å². The number of hydrogen-bond donors (Lipinski definition) is 1. The monoisotopic (exact) mass is 291 g/mol. The molecule has 116 valence electrons. The van der Waals surface area contributed by atoms with Crippen molar-refractivity contribution >= 4 is 5.97 Å². The van der Waals surface area contributed by atoms with Crippen LogP contribution in [-0.2, 0) is 11.2 Å². The summed E-state index contributed by atoms with van der Waals surface area (Å²) in [6.45, 7) is 5.24. The number of likely N-dealkylation sites (tertiary alicyclic amines) is 1. The minimum absolute atomic E-state index is 0.284. The van der Waals surface area contributed by atoms with E-state index in [0.29, 0.717) is 6.42 Å². The zero-order valence-corrected chi connectivity index (χ0v) is 12.9. The first-order chi connectivity index (χ1) is 10.1. The average Bonchev–Trinajstić information content (AvgIpc) is 2.50. The van der Waals surface area contributed by atoms with E-state index in [2.05, 4.69) is 18.9 Å². The molecule has 1 saturated heterocycles. The van der Waals surface area contributed by atoms with Crippen molar-refractivity contribution in [2.75, 3.05) is 26.7 Å². The molecular weight excluding hydrogens is 266 g/mol. The topological polar surface area (TPSA) is 49.8 Å². The number of carbonyl (C=O) groups is 1. The smallest absolute Gasteiger partial charge is 0.310 e. The Kier molecular flexibility index (Phi) is 5.62. The maximum Gasteiger partial charge on any atom is 0.310 e. The molecule has 1 aromatic rings. The lowest BCUT2D eigenvalue weighted by molar-refractivity contribution is -0.143. The molecule has 1 aromatic carbocycles. The summed E-state index contributed by atoms with van der Waals surface area (Å²) in [6.07, 6.45) is 3.37. The fourth-order valence-corrected chi connectivity index (χ4v) is 2.62. The standard InChI is InChI=1S/C10H10O3.C7H15N/c11-10(12)8-5-7-3-1-2-4-9(7)13-6-8;1-7-3-5-8(2)6-4-7/h1-4,8H,5-6H2,(H,11,12);7H,3-6H2,1-2H3. The zero-order valence-electron chi connectivity index (χ0n) is 12.9. The number of hydrogen-bond acceptors (Lipinski definition) is 3. The van der Waals surface area contributed by atoms with Crippen LogP contribution in [0, 0.1) is 11.8 Å². The fourth-order valence-electron chi connectivity index (χ4n) is 2.62. The molecule has 2 heterocycles. The fraction of sp³-hybridized carbons (Fsp3) is 0.588. The lowest BCUT2D eigenvalue weighted by atomic mass is 9.97. The van der Waals surface area contributed by atoms with E-state index in [1.165, 1.54) is 25.9 Å². The van der Waals surface area contributed by atoms with Crippen LogP contribution in [0.2, 0.25) is 0 Å². The Balaban J connectivity index is 0.000000173. The maximum atomic E-state index is 10.7. The van der Waals surface area contributed by atoms with E-state index >= 15 is 0 Å². The third-order valence-corrected chi connectivity index (χ3v) is 4.24. The van der Waals surface area contributed by atoms with Gasteiger partial charge in [0.2, 0.25) is 0 Å². The Morgan fingerprint density at radius 3 is 2.57 bits per heavy atom. The molecule has 1 atom stereocenters. The Morgan fingerprint density at radius 2 is 1.95 bits per heavy atom. The number of para-hydroxylation sites is 1. The van der Waals surface area contributed by atoms with E-state index < -0.39 is 11.9 Å². The summed E-state index contributed by atoms with van der Waals surface area (Å²) >= 11 is 0. The molecule has 1 unspecified atom stereocenters. The average molecular weight is 291 g/mol. The first-order valence-corrected chi connectivity index (χ1v) is 7.68. The van der Waals surface area contributed by atoms with Gasteiger partial charge in [0.25, 0.3) is 0 Å². The minimum atomic E-state index is -0.783. The van der Waals surface area contributed by atoms with Crippen LogP contribution in [0.5, 0.6) is 5.75 Å². The summed E-state index contributed by atoms with van der Waals surface area (Å²) in [4.78, 5) is 13.1. The van der Waals surface area contributed by atoms with Crippen molar-refractivity contribution in [1.82, 2.24) is 4.90 Å². The van der Waals surface area contributed by atoms with E-state index in [9.17, 15) is 4.79 Å². The number of aliphatic carboxylic acids is 1. The van der Waals surface area contributed by atoms with Gasteiger partial charge in [-0.15, -0.1) is 0 Å². The first kappa shape index (κ1) is 15.8. The van der Waals surface area contributed by atoms with E-state index in [1.807, 2.05) is 24.3 Å². The van der Waals surface area contributed by atoms with Gasteiger partial charge in [-0.1, -0.05) is 25.1 Å². The van der Waals surface area contributed by atoms with Gasteiger partial charge in [-0.2, -0.15) is 0 Å². The highest BCUT2D eigenvalue weighted by Crippen LogP contribution is 2.26. The third-order valence-electron chi connectivity index (χ3n) is 4.24. The summed E-state index contributed by atoms with van der Waals surface area (Å²) in [6, 6.07) is 7.56. The highest BCUT2D eigenvalue weighted by molar-refractivity contribution is 5.71. The normalized spacial score (nSPS) is 22.5. The van der Waals surface area contributed by atoms with Gasteiger partial charge in [-0.25, -0.2) is 0 Å². The molecule has 0 radical (unpaired) electrons. The van der Waals surface area contributed by atoms with E-state index in [1.54, 1.807) is 0 Å². The highest BCUT2D eigenvalue weighted by Gasteiger charge is 2.24. The van der Waals surface area contributed by atoms with Gasteiger partial charge in [0, 0.05) is 0 Å². The van der Waals surface area contributed by atoms with Gasteiger partial charge in [-0.05, 0) is 56.9 Å². The third kappa shape index (κ3) is 4.74. The number of fused-ring (bicyclic) bond motifs is 1. The van der Waals surface area contributed by atoms with Crippen molar-refractivity contribution in [1.29, 1.82) is 0 Å². The van der Waals surface area contributed by atoms with E-state index in [-0.39, 0.29) is 6.61 Å². The molecule has 4 nitrogen and oxygen atoms in total. The second-order valence-corrected chi connectivity index (χ2v) is 6.14. The summed E-state index contributed by atoms with van der Waals surface area (Å²) in [7, 11) is 2.20. The maximum absolute atomic E-state index is 10.7. The molecule has 0 aliphatic carbocycles. The molecule has 0 aromatic heterocycles. The molecular formula is C17H25NO3. The number of piperidine rings is 1. The molecule has 1 fully saturated rings. The lowest BCUT2D eigenvalue weighted by Gasteiger charge is -2.26. The largest absolute Gasteiger partial charge is 0.492 e. The Hall–Kier alpha value is -1.55. The molecule has 0 amide bonds. The number of carboxylic acids is 1. The predicted molar refractivity (Wildman–Crippen MR) is 82.7 cm³/mol. The lowest BCUT2D eigenvalue weighted by Crippen LogP contribution is -2.28. The van der Waals surface area contributed by atoms with Crippen LogP contribution in [0.1, 0.15) is 25.3 Å². The zero-order chi connectivity index (χ0) is 15.2. The molecule has 0 bridgehead atoms. The molecule has 2 aliphatic heterocycles. The van der Waals surface area contributed by atoms with Gasteiger partial charge in [0.05, 0.1) is 5.92 Å². The predicted octanol–water partition coefficient (Wildman–Crippen LogP) is 2.67. The van der Waals surface area contributed by atoms with Crippen LogP contribution in [0.4, 0.5) is 0 Å². The van der Waals surface area contributed by atoms with Crippen molar-refractivity contribution in [3.63, 3.8) is 0 Å². The first-order valence-electron chi connectivity index (χ1n) is 7.68. The second kappa shape index (κ2) is 7.46. The Labute approximate surface area is 126 Å². The molecule has 21 heavy (non-hydrogen) atoms. The van der Waals surface area contributed by atoms with Crippen LogP contribution >= 0.6 is 0 Å². The number of nitrogens with zero attached hydrogens (tertiary/aromatic N) is 1. The number of carboxylic acid groups (broad SMARTS) is 1. The Morgan fingerprint density at radius 1 is 1.29 bits per heavy atom. The molecule has 1 N–H and O–H groups in total. The van der Waals surface area contributed by atoms with Crippen LogP contribution in [0.25, 0.3) is 0 Å². The van der Waals surface area contributed by atoms with Crippen molar-refractivity contribution in [3.8, 4) is 5.75 Å². The number of ether oxygens (including phenoxy) is 1. The second-order valence-electron chi connectivity index (χ2n) is 6.14. The van der Waals surface area contributed by atoms with Gasteiger partial charge in [0.1, 0.15) is 12.4 Å². The number of rotatable bonds is 1. The van der Waals surface area contributed by atoms with Crippen LogP contribution in [-0.4, -0.2) is 42.7 Å². The molecule has 0 saturated carbocycles. The highest BCUT2D eigenvalue weighted by atomic mass is 16.5. The van der Waals surface area contributed by atoms with Crippen molar-refractivity contribution in [3.05, 3.63) is 29.8 Å². The molecule has 0 spiro atoms. The van der Waals surface area contributed by atoms with Crippen LogP contribution < -0.4 is 4.74 Å². The van der Waals surface area contributed by atoms with Gasteiger partial charge >= 0.3 is 5.97 Å². The summed E-state index contributed by atoms with van der Waals surface area (Å²) in [5.74, 6) is 0.621. The molecule has 3 rings (SSSR count). The number of benzene rings is 1. The SMILES string of the molecule is CC1CCN(C)CC1.O=C(O)C1COc2ccccc2C1. The van der Waals surface area contributed by atoms with E-state index in [4.69, 9.17) is 9.84 Å². The Bertz CT molecular complexity index is 457. The van der Waals surface area contributed by atoms with Gasteiger partial charge < -0.3 is 14.7 Å². The van der Waals surface area contributed by atoms with Crippen molar-refractivity contribution in [2.45, 2.75) is 26.2 Å². The molecule has 4 heteroatoms.